The molecule has 0 bridgehead atoms. The van der Waals surface area contributed by atoms with Gasteiger partial charge in [-0.2, -0.15) is 0 Å². The van der Waals surface area contributed by atoms with Crippen molar-refractivity contribution in [2.75, 3.05) is 13.1 Å². The van der Waals surface area contributed by atoms with Crippen molar-refractivity contribution in [2.45, 2.75) is 106 Å². The summed E-state index contributed by atoms with van der Waals surface area (Å²) in [7, 11) is 0. The van der Waals surface area contributed by atoms with E-state index in [2.05, 4.69) is 24.5 Å². The smallest absolute Gasteiger partial charge is 0.408 e. The molecule has 35 heavy (non-hydrogen) atoms. The van der Waals surface area contributed by atoms with Crippen LogP contribution in [0.4, 0.5) is 4.79 Å². The van der Waals surface area contributed by atoms with Gasteiger partial charge in [-0.05, 0) is 64.5 Å². The maximum Gasteiger partial charge on any atom is 0.408 e. The Kier molecular flexibility index (Phi) is 12.3. The van der Waals surface area contributed by atoms with Gasteiger partial charge < -0.3 is 20.3 Å². The first-order chi connectivity index (χ1) is 16.3. The number of alkyl carbamates (subject to hydrolysis) is 1. The van der Waals surface area contributed by atoms with E-state index >= 15 is 0 Å². The molecule has 2 atom stereocenters. The number of aryl methyl sites for hydroxylation is 2. The van der Waals surface area contributed by atoms with Gasteiger partial charge in [-0.25, -0.2) is 4.79 Å². The Morgan fingerprint density at radius 2 is 1.66 bits per heavy atom. The van der Waals surface area contributed by atoms with Crippen LogP contribution in [-0.2, 0) is 14.3 Å². The van der Waals surface area contributed by atoms with Gasteiger partial charge in [0, 0.05) is 13.1 Å². The van der Waals surface area contributed by atoms with Crippen LogP contribution in [0.1, 0.15) is 96.9 Å². The summed E-state index contributed by atoms with van der Waals surface area (Å²) in [6.45, 7) is 18.2. The molecule has 0 heterocycles. The highest BCUT2D eigenvalue weighted by Gasteiger charge is 2.37. The molecule has 1 aromatic carbocycles. The van der Waals surface area contributed by atoms with Crippen molar-refractivity contribution in [2.24, 2.45) is 5.92 Å². The van der Waals surface area contributed by atoms with E-state index in [0.29, 0.717) is 13.1 Å². The summed E-state index contributed by atoms with van der Waals surface area (Å²) in [5.41, 5.74) is 2.16. The molecule has 0 aliphatic carbocycles. The first-order valence-electron chi connectivity index (χ1n) is 13.0. The molecule has 0 aliphatic heterocycles. The van der Waals surface area contributed by atoms with Gasteiger partial charge in [0.15, 0.2) is 0 Å². The Bertz CT molecular complexity index is 845. The minimum atomic E-state index is -0.821. The van der Waals surface area contributed by atoms with E-state index in [4.69, 9.17) is 4.74 Å². The third-order valence-electron chi connectivity index (χ3n) is 5.75. The SMILES string of the molecule is CCCCNC(=O)C(c1ccc(C)cc1C)N(CCCC)C(=O)C(NC(=O)OC(C)(C)C)C(C)C. The van der Waals surface area contributed by atoms with Crippen LogP contribution in [0.2, 0.25) is 0 Å². The molecule has 198 valence electrons. The van der Waals surface area contributed by atoms with Crippen LogP contribution >= 0.6 is 0 Å². The highest BCUT2D eigenvalue weighted by atomic mass is 16.6. The highest BCUT2D eigenvalue weighted by molar-refractivity contribution is 5.92. The predicted octanol–water partition coefficient (Wildman–Crippen LogP) is 5.44. The number of carbonyl (C=O) groups is 3. The molecule has 0 aliphatic rings. The number of amides is 3. The second-order valence-corrected chi connectivity index (χ2v) is 10.7. The lowest BCUT2D eigenvalue weighted by Gasteiger charge is -2.36. The minimum absolute atomic E-state index is 0.193. The van der Waals surface area contributed by atoms with Gasteiger partial charge in [-0.3, -0.25) is 9.59 Å². The van der Waals surface area contributed by atoms with Crippen LogP contribution in [0.25, 0.3) is 0 Å². The molecular formula is C28H47N3O4. The third-order valence-corrected chi connectivity index (χ3v) is 5.75. The summed E-state index contributed by atoms with van der Waals surface area (Å²) in [6, 6.07) is 4.33. The molecule has 7 heteroatoms. The summed E-state index contributed by atoms with van der Waals surface area (Å²) in [4.78, 5) is 41.8. The van der Waals surface area contributed by atoms with Gasteiger partial charge in [-0.15, -0.1) is 0 Å². The number of hydrogen-bond acceptors (Lipinski definition) is 4. The van der Waals surface area contributed by atoms with Gasteiger partial charge in [0.25, 0.3) is 0 Å². The van der Waals surface area contributed by atoms with Crippen molar-refractivity contribution < 1.29 is 19.1 Å². The Morgan fingerprint density at radius 3 is 2.17 bits per heavy atom. The Balaban J connectivity index is 3.46. The van der Waals surface area contributed by atoms with E-state index in [1.54, 1.807) is 25.7 Å². The largest absolute Gasteiger partial charge is 0.444 e. The van der Waals surface area contributed by atoms with Gasteiger partial charge in [0.2, 0.25) is 11.8 Å². The number of nitrogens with one attached hydrogen (secondary N) is 2. The first-order valence-corrected chi connectivity index (χ1v) is 13.0. The molecule has 0 radical (unpaired) electrons. The lowest BCUT2D eigenvalue weighted by molar-refractivity contribution is -0.143. The van der Waals surface area contributed by atoms with Crippen molar-refractivity contribution >= 4 is 17.9 Å². The molecule has 1 aromatic rings. The Morgan fingerprint density at radius 1 is 1.03 bits per heavy atom. The van der Waals surface area contributed by atoms with Crippen molar-refractivity contribution in [1.82, 2.24) is 15.5 Å². The van der Waals surface area contributed by atoms with Crippen LogP contribution in [0.5, 0.6) is 0 Å². The monoisotopic (exact) mass is 489 g/mol. The van der Waals surface area contributed by atoms with Gasteiger partial charge in [-0.1, -0.05) is 64.3 Å². The number of ether oxygens (including phenoxy) is 1. The van der Waals surface area contributed by atoms with Crippen LogP contribution in [0, 0.1) is 19.8 Å². The lowest BCUT2D eigenvalue weighted by Crippen LogP contribution is -2.55. The minimum Gasteiger partial charge on any atom is -0.444 e. The van der Waals surface area contributed by atoms with Crippen LogP contribution in [0.15, 0.2) is 18.2 Å². The average molecular weight is 490 g/mol. The standard InChI is InChI=1S/C28H47N3O4/c1-10-12-16-29-25(32)24(22-15-14-20(5)18-21(22)6)31(17-13-11-2)26(33)23(19(3)4)30-27(34)35-28(7,8)9/h14-15,18-19,23-24H,10-13,16-17H2,1-9H3,(H,29,32)(H,30,34). The fourth-order valence-corrected chi connectivity index (χ4v) is 3.89. The zero-order valence-corrected chi connectivity index (χ0v) is 23.3. The summed E-state index contributed by atoms with van der Waals surface area (Å²) in [5.74, 6) is -0.674. The second-order valence-electron chi connectivity index (χ2n) is 10.7. The Labute approximate surface area is 212 Å². The van der Waals surface area contributed by atoms with E-state index in [1.165, 1.54) is 0 Å². The number of unbranched alkanes of at least 4 members (excludes halogenated alkanes) is 2. The quantitative estimate of drug-likeness (QED) is 0.383. The maximum absolute atomic E-state index is 14.0. The van der Waals surface area contributed by atoms with Crippen molar-refractivity contribution in [3.05, 3.63) is 34.9 Å². The zero-order valence-electron chi connectivity index (χ0n) is 23.3. The summed E-state index contributed by atoms with van der Waals surface area (Å²) < 4.78 is 5.42. The van der Waals surface area contributed by atoms with Crippen molar-refractivity contribution in [3.63, 3.8) is 0 Å². The molecule has 7 nitrogen and oxygen atoms in total. The molecule has 3 amide bonds. The van der Waals surface area contributed by atoms with Crippen molar-refractivity contribution in [3.8, 4) is 0 Å². The third kappa shape index (κ3) is 9.90. The van der Waals surface area contributed by atoms with Crippen LogP contribution in [-0.4, -0.2) is 47.5 Å². The van der Waals surface area contributed by atoms with Gasteiger partial charge >= 0.3 is 6.09 Å². The maximum atomic E-state index is 14.0. The molecule has 0 aromatic heterocycles. The summed E-state index contributed by atoms with van der Waals surface area (Å²) >= 11 is 0. The van der Waals surface area contributed by atoms with Crippen LogP contribution < -0.4 is 10.6 Å². The van der Waals surface area contributed by atoms with E-state index in [0.717, 1.165) is 42.4 Å². The summed E-state index contributed by atoms with van der Waals surface area (Å²) in [5, 5.41) is 5.80. The zero-order chi connectivity index (χ0) is 26.8. The van der Waals surface area contributed by atoms with Gasteiger partial charge in [0.05, 0.1) is 0 Å². The molecule has 0 spiro atoms. The lowest BCUT2D eigenvalue weighted by atomic mass is 9.95. The highest BCUT2D eigenvalue weighted by Crippen LogP contribution is 2.28. The van der Waals surface area contributed by atoms with Crippen molar-refractivity contribution in [1.29, 1.82) is 0 Å². The number of hydrogen-bond donors (Lipinski definition) is 2. The van der Waals surface area contributed by atoms with E-state index in [-0.39, 0.29) is 17.7 Å². The molecule has 1 rings (SSSR count). The number of nitrogens with zero attached hydrogens (tertiary/aromatic N) is 1. The normalized spacial score (nSPS) is 13.2. The fraction of sp³-hybridized carbons (Fsp3) is 0.679. The number of carbonyl (C=O) groups excluding carboxylic acids is 3. The van der Waals surface area contributed by atoms with E-state index in [1.807, 2.05) is 45.9 Å². The predicted molar refractivity (Wildman–Crippen MR) is 141 cm³/mol. The first kappa shape index (κ1) is 30.5. The fourth-order valence-electron chi connectivity index (χ4n) is 3.89. The molecular weight excluding hydrogens is 442 g/mol. The van der Waals surface area contributed by atoms with E-state index < -0.39 is 23.8 Å². The molecule has 0 fully saturated rings. The van der Waals surface area contributed by atoms with E-state index in [9.17, 15) is 14.4 Å². The summed E-state index contributed by atoms with van der Waals surface area (Å²) in [6.07, 6.45) is 2.79. The molecule has 0 saturated carbocycles. The number of rotatable bonds is 12. The van der Waals surface area contributed by atoms with Crippen LogP contribution in [0.3, 0.4) is 0 Å². The average Bonchev–Trinajstić information content (AvgIpc) is 2.74. The molecule has 2 unspecified atom stereocenters. The number of benzene rings is 1. The molecule has 0 saturated heterocycles. The molecule has 2 N–H and O–H groups in total. The second kappa shape index (κ2) is 14.1. The topological polar surface area (TPSA) is 87.7 Å². The Hall–Kier alpha value is -2.57. The van der Waals surface area contributed by atoms with Gasteiger partial charge in [0.1, 0.15) is 17.7 Å².